The second-order valence-corrected chi connectivity index (χ2v) is 11.9. The number of hydrogen-bond acceptors (Lipinski definition) is 4. The third kappa shape index (κ3) is 3.69. The summed E-state index contributed by atoms with van der Waals surface area (Å²) in [4.78, 5) is 9.93. The Labute approximate surface area is 243 Å². The summed E-state index contributed by atoms with van der Waals surface area (Å²) in [6.45, 7) is 9.11. The molecule has 0 aliphatic heterocycles. The van der Waals surface area contributed by atoms with Crippen LogP contribution in [0.1, 0.15) is 44.7 Å². The average Bonchev–Trinajstić information content (AvgIpc) is 3.67. The Morgan fingerprint density at radius 1 is 0.738 bits per heavy atom. The molecule has 0 N–H and O–H groups in total. The summed E-state index contributed by atoms with van der Waals surface area (Å²) < 4.78 is 14.9. The van der Waals surface area contributed by atoms with Crippen molar-refractivity contribution >= 4 is 55.0 Å². The lowest BCUT2D eigenvalue weighted by atomic mass is 9.93. The first kappa shape index (κ1) is 24.9. The molecular weight excluding hydrogens is 518 g/mol. The molecule has 0 fully saturated rings. The Hall–Kier alpha value is -4.90. The van der Waals surface area contributed by atoms with E-state index in [1.165, 1.54) is 16.8 Å². The number of imidazole rings is 1. The maximum absolute atomic E-state index is 6.36. The molecule has 5 nitrogen and oxygen atoms in total. The zero-order valence-corrected chi connectivity index (χ0v) is 24.2. The van der Waals surface area contributed by atoms with Crippen molar-refractivity contribution < 1.29 is 8.83 Å². The molecule has 8 rings (SSSR count). The van der Waals surface area contributed by atoms with E-state index in [2.05, 4.69) is 97.9 Å². The fourth-order valence-corrected chi connectivity index (χ4v) is 6.49. The summed E-state index contributed by atoms with van der Waals surface area (Å²) in [6.07, 6.45) is 2.80. The van der Waals surface area contributed by atoms with Gasteiger partial charge in [0.1, 0.15) is 28.1 Å². The predicted molar refractivity (Wildman–Crippen MR) is 171 cm³/mol. The van der Waals surface area contributed by atoms with Crippen LogP contribution in [0.2, 0.25) is 0 Å². The fraction of sp³-hybridized carbons (Fsp3) is 0.189. The van der Waals surface area contributed by atoms with Gasteiger partial charge in [0.25, 0.3) is 0 Å². The Morgan fingerprint density at radius 2 is 1.52 bits per heavy atom. The summed E-state index contributed by atoms with van der Waals surface area (Å²) in [5.74, 6) is 1.81. The number of benzene rings is 4. The quantitative estimate of drug-likeness (QED) is 0.214. The number of para-hydroxylation sites is 3. The summed E-state index contributed by atoms with van der Waals surface area (Å²) in [6, 6.07) is 29.5. The SMILES string of the molecule is CC(C)Cc1cccc(C(C)C)c1-n1c(-c2ccc3oc4ccc5oc6cccnc6c5c4c3c2)nc2ccccc21. The Bertz CT molecular complexity index is 2300. The molecule has 42 heavy (non-hydrogen) atoms. The lowest BCUT2D eigenvalue weighted by Crippen LogP contribution is -2.09. The first-order valence-corrected chi connectivity index (χ1v) is 14.7. The molecule has 0 unspecified atom stereocenters. The first-order valence-electron chi connectivity index (χ1n) is 14.7. The van der Waals surface area contributed by atoms with Crippen LogP contribution in [0.25, 0.3) is 72.1 Å². The van der Waals surface area contributed by atoms with Crippen molar-refractivity contribution in [2.45, 2.75) is 40.0 Å². The normalized spacial score (nSPS) is 12.3. The minimum Gasteiger partial charge on any atom is -0.456 e. The van der Waals surface area contributed by atoms with Crippen LogP contribution in [0.3, 0.4) is 0 Å². The zero-order valence-electron chi connectivity index (χ0n) is 24.2. The van der Waals surface area contributed by atoms with E-state index in [-0.39, 0.29) is 0 Å². The van der Waals surface area contributed by atoms with Crippen molar-refractivity contribution in [2.75, 3.05) is 0 Å². The molecule has 0 saturated heterocycles. The standard InChI is InChI=1S/C37H31N3O2/c1-21(2)19-23-9-7-10-25(22(3)4)36(23)40-28-12-6-5-11-27(28)39-37(40)24-14-15-29-26(20-24)33-30(41-29)16-17-31-34(33)35-32(42-31)13-8-18-38-35/h5-18,20-22H,19H2,1-4H3. The summed E-state index contributed by atoms with van der Waals surface area (Å²) in [7, 11) is 0. The molecule has 4 aromatic carbocycles. The molecular formula is C37H31N3O2. The molecule has 0 aliphatic rings. The molecule has 0 amide bonds. The van der Waals surface area contributed by atoms with Gasteiger partial charge >= 0.3 is 0 Å². The van der Waals surface area contributed by atoms with E-state index in [1.807, 2.05) is 30.5 Å². The largest absolute Gasteiger partial charge is 0.456 e. The number of fused-ring (bicyclic) bond motifs is 8. The molecule has 206 valence electrons. The predicted octanol–water partition coefficient (Wildman–Crippen LogP) is 10.2. The molecule has 4 aromatic heterocycles. The van der Waals surface area contributed by atoms with Crippen molar-refractivity contribution in [3.8, 4) is 17.1 Å². The van der Waals surface area contributed by atoms with Gasteiger partial charge in [0.2, 0.25) is 0 Å². The lowest BCUT2D eigenvalue weighted by Gasteiger charge is -2.21. The zero-order chi connectivity index (χ0) is 28.5. The number of hydrogen-bond donors (Lipinski definition) is 0. The minimum absolute atomic E-state index is 0.358. The molecule has 0 aliphatic carbocycles. The van der Waals surface area contributed by atoms with Gasteiger partial charge in [-0.15, -0.1) is 0 Å². The fourth-order valence-electron chi connectivity index (χ4n) is 6.49. The van der Waals surface area contributed by atoms with Gasteiger partial charge in [0.05, 0.1) is 22.1 Å². The number of rotatable bonds is 5. The minimum atomic E-state index is 0.358. The van der Waals surface area contributed by atoms with Gasteiger partial charge in [-0.1, -0.05) is 58.0 Å². The van der Waals surface area contributed by atoms with Crippen molar-refractivity contribution in [3.05, 3.63) is 102 Å². The van der Waals surface area contributed by atoms with E-state index >= 15 is 0 Å². The maximum Gasteiger partial charge on any atom is 0.153 e. The number of aromatic nitrogens is 3. The van der Waals surface area contributed by atoms with Crippen LogP contribution in [0, 0.1) is 5.92 Å². The summed E-state index contributed by atoms with van der Waals surface area (Å²) in [5.41, 5.74) is 11.1. The van der Waals surface area contributed by atoms with Gasteiger partial charge in [-0.05, 0) is 84.0 Å². The molecule has 0 bridgehead atoms. The highest BCUT2D eigenvalue weighted by atomic mass is 16.3. The van der Waals surface area contributed by atoms with Gasteiger partial charge in [-0.3, -0.25) is 9.55 Å². The Balaban J connectivity index is 1.46. The van der Waals surface area contributed by atoms with E-state index in [4.69, 9.17) is 13.8 Å². The smallest absolute Gasteiger partial charge is 0.153 e. The van der Waals surface area contributed by atoms with E-state index in [0.29, 0.717) is 11.8 Å². The van der Waals surface area contributed by atoms with Crippen LogP contribution in [-0.4, -0.2) is 14.5 Å². The highest BCUT2D eigenvalue weighted by Crippen LogP contribution is 2.41. The summed E-state index contributed by atoms with van der Waals surface area (Å²) in [5, 5.41) is 3.03. The molecule has 5 heteroatoms. The third-order valence-corrected chi connectivity index (χ3v) is 8.27. The first-order chi connectivity index (χ1) is 20.5. The van der Waals surface area contributed by atoms with Crippen LogP contribution in [0.15, 0.2) is 100.0 Å². The number of pyridine rings is 1. The highest BCUT2D eigenvalue weighted by molar-refractivity contribution is 6.25. The van der Waals surface area contributed by atoms with Crippen molar-refractivity contribution in [3.63, 3.8) is 0 Å². The van der Waals surface area contributed by atoms with Gasteiger partial charge in [-0.2, -0.15) is 0 Å². The number of furan rings is 2. The van der Waals surface area contributed by atoms with Gasteiger partial charge in [0.15, 0.2) is 5.58 Å². The monoisotopic (exact) mass is 549 g/mol. The van der Waals surface area contributed by atoms with Crippen molar-refractivity contribution in [1.29, 1.82) is 0 Å². The van der Waals surface area contributed by atoms with Crippen LogP contribution in [-0.2, 0) is 6.42 Å². The number of nitrogens with zero attached hydrogens (tertiary/aromatic N) is 3. The maximum atomic E-state index is 6.36. The summed E-state index contributed by atoms with van der Waals surface area (Å²) >= 11 is 0. The molecule has 0 spiro atoms. The van der Waals surface area contributed by atoms with Gasteiger partial charge < -0.3 is 8.83 Å². The Morgan fingerprint density at radius 3 is 2.36 bits per heavy atom. The second kappa shape index (κ2) is 9.31. The molecule has 0 radical (unpaired) electrons. The highest BCUT2D eigenvalue weighted by Gasteiger charge is 2.23. The van der Waals surface area contributed by atoms with Gasteiger partial charge in [0, 0.05) is 22.5 Å². The lowest BCUT2D eigenvalue weighted by molar-refractivity contribution is 0.643. The molecule has 0 atom stereocenters. The third-order valence-electron chi connectivity index (χ3n) is 8.27. The van der Waals surface area contributed by atoms with Crippen LogP contribution in [0.4, 0.5) is 0 Å². The molecule has 8 aromatic rings. The van der Waals surface area contributed by atoms with Crippen LogP contribution < -0.4 is 0 Å². The molecule has 4 heterocycles. The Kier molecular flexibility index (Phi) is 5.51. The average molecular weight is 550 g/mol. The van der Waals surface area contributed by atoms with Crippen LogP contribution in [0.5, 0.6) is 0 Å². The molecule has 0 saturated carbocycles. The van der Waals surface area contributed by atoms with E-state index < -0.39 is 0 Å². The van der Waals surface area contributed by atoms with Crippen molar-refractivity contribution in [2.24, 2.45) is 5.92 Å². The van der Waals surface area contributed by atoms with Crippen molar-refractivity contribution in [1.82, 2.24) is 14.5 Å². The topological polar surface area (TPSA) is 57.0 Å². The van der Waals surface area contributed by atoms with E-state index in [0.717, 1.165) is 72.8 Å². The second-order valence-electron chi connectivity index (χ2n) is 11.9. The van der Waals surface area contributed by atoms with Crippen LogP contribution >= 0.6 is 0 Å². The van der Waals surface area contributed by atoms with E-state index in [9.17, 15) is 0 Å². The van der Waals surface area contributed by atoms with E-state index in [1.54, 1.807) is 0 Å². The van der Waals surface area contributed by atoms with Gasteiger partial charge in [-0.25, -0.2) is 4.98 Å².